The summed E-state index contributed by atoms with van der Waals surface area (Å²) in [4.78, 5) is 42.5. The Kier molecular flexibility index (Phi) is 13.4. The number of rotatable bonds is 8. The molecule has 0 saturated heterocycles. The smallest absolute Gasteiger partial charge is 0.333 e. The van der Waals surface area contributed by atoms with Crippen molar-refractivity contribution in [2.45, 2.75) is 65.8 Å². The molecule has 3 N–H and O–H groups in total. The zero-order valence-corrected chi connectivity index (χ0v) is 28.7. The highest BCUT2D eigenvalue weighted by atomic mass is 127. The molecule has 0 spiro atoms. The summed E-state index contributed by atoms with van der Waals surface area (Å²) in [5.41, 5.74) is -2.40. The zero-order valence-electron chi connectivity index (χ0n) is 24.8. The van der Waals surface area contributed by atoms with Gasteiger partial charge in [0.15, 0.2) is 0 Å². The normalized spacial score (nSPS) is 11.8. The summed E-state index contributed by atoms with van der Waals surface area (Å²) in [6, 6.07) is 3.47. The highest BCUT2D eigenvalue weighted by Gasteiger charge is 2.36. The topological polar surface area (TPSA) is 154 Å². The second-order valence-electron chi connectivity index (χ2n) is 9.97. The van der Waals surface area contributed by atoms with Crippen molar-refractivity contribution in [2.75, 3.05) is 13.7 Å². The van der Waals surface area contributed by atoms with E-state index in [0.29, 0.717) is 10.6 Å². The number of aliphatic hydroxyl groups excluding tert-OH is 2. The van der Waals surface area contributed by atoms with Gasteiger partial charge < -0.3 is 20.3 Å². The number of aryl methyl sites for hydroxylation is 1. The number of carbonyl (C=O) groups is 1. The number of methoxy groups -OCH3 is 1. The van der Waals surface area contributed by atoms with Gasteiger partial charge in [-0.2, -0.15) is 10.2 Å². The predicted octanol–water partition coefficient (Wildman–Crippen LogP) is 3.52. The van der Waals surface area contributed by atoms with Gasteiger partial charge in [0.25, 0.3) is 5.56 Å². The summed E-state index contributed by atoms with van der Waals surface area (Å²) in [5.74, 6) is -0.878. The van der Waals surface area contributed by atoms with Crippen LogP contribution in [0.3, 0.4) is 0 Å². The monoisotopic (exact) mass is 750 g/mol. The van der Waals surface area contributed by atoms with Crippen LogP contribution in [0.4, 0.5) is 4.39 Å². The number of benzene rings is 1. The number of carbonyl (C=O) groups excluding carboxylic acids is 1. The lowest BCUT2D eigenvalue weighted by atomic mass is 10.0. The Bertz CT molecular complexity index is 1650. The number of thiol groups is 1. The van der Waals surface area contributed by atoms with Crippen LogP contribution < -0.4 is 21.3 Å². The van der Waals surface area contributed by atoms with E-state index in [1.54, 1.807) is 27.7 Å². The van der Waals surface area contributed by atoms with E-state index < -0.39 is 34.6 Å². The highest BCUT2D eigenvalue weighted by molar-refractivity contribution is 14.2. The van der Waals surface area contributed by atoms with Crippen molar-refractivity contribution >= 4 is 58.5 Å². The molecule has 1 aromatic carbocycles. The molecule has 4 aromatic rings. The second kappa shape index (κ2) is 15.8. The number of thiophene rings is 1. The number of nitrogens with one attached hydrogen (secondary N) is 1. The van der Waals surface area contributed by atoms with Crippen molar-refractivity contribution in [1.29, 1.82) is 0 Å². The van der Waals surface area contributed by atoms with E-state index in [1.165, 1.54) is 54.8 Å². The minimum Gasteiger partial charge on any atom is -0.496 e. The Labute approximate surface area is 269 Å². The molecule has 1 amide bonds. The molecule has 0 aliphatic rings. The molecular formula is C27H36FIN6O6S2. The van der Waals surface area contributed by atoms with Crippen molar-refractivity contribution in [3.63, 3.8) is 0 Å². The average Bonchev–Trinajstić information content (AvgIpc) is 3.60. The van der Waals surface area contributed by atoms with Gasteiger partial charge >= 0.3 is 5.69 Å². The fourth-order valence-electron chi connectivity index (χ4n) is 4.28. The number of aromatic nitrogens is 5. The van der Waals surface area contributed by atoms with E-state index in [-0.39, 0.29) is 40.7 Å². The Balaban J connectivity index is 0.00000121. The van der Waals surface area contributed by atoms with Crippen LogP contribution in [-0.4, -0.2) is 60.0 Å². The zero-order chi connectivity index (χ0) is 32.6. The number of nitrogens with zero attached hydrogens (tertiary/aromatic N) is 5. The average molecular weight is 751 g/mol. The maximum absolute atomic E-state index is 14.1. The van der Waals surface area contributed by atoms with Gasteiger partial charge in [0.05, 0.1) is 31.4 Å². The number of aliphatic hydroxyl groups is 2. The van der Waals surface area contributed by atoms with Crippen LogP contribution in [0.15, 0.2) is 40.2 Å². The Morgan fingerprint density at radius 3 is 2.35 bits per heavy atom. The van der Waals surface area contributed by atoms with E-state index in [2.05, 4.69) is 25.3 Å². The first-order valence-electron chi connectivity index (χ1n) is 13.1. The van der Waals surface area contributed by atoms with Gasteiger partial charge in [-0.25, -0.2) is 13.8 Å². The molecule has 3 heterocycles. The van der Waals surface area contributed by atoms with Gasteiger partial charge in [-0.3, -0.25) is 14.2 Å². The van der Waals surface area contributed by atoms with Crippen LogP contribution in [-0.2, 0) is 16.9 Å². The van der Waals surface area contributed by atoms with Crippen LogP contribution >= 0.6 is 42.3 Å². The molecule has 3 aromatic heterocycles. The lowest BCUT2D eigenvalue weighted by Gasteiger charge is -2.28. The van der Waals surface area contributed by atoms with E-state index in [0.717, 1.165) is 22.0 Å². The number of hydrogen-bond donors (Lipinski definition) is 4. The second-order valence-corrected chi connectivity index (χ2v) is 10.9. The Morgan fingerprint density at radius 1 is 1.23 bits per heavy atom. The maximum atomic E-state index is 14.1. The number of ether oxygens (including phenoxy) is 1. The first-order chi connectivity index (χ1) is 20.3. The molecule has 4 rings (SSSR count). The van der Waals surface area contributed by atoms with E-state index in [9.17, 15) is 23.9 Å². The van der Waals surface area contributed by atoms with E-state index >= 15 is 0 Å². The fourth-order valence-corrected chi connectivity index (χ4v) is 5.50. The van der Waals surface area contributed by atoms with E-state index in [1.807, 2.05) is 21.2 Å². The third-order valence-corrected chi connectivity index (χ3v) is 7.51. The lowest BCUT2D eigenvalue weighted by Crippen LogP contribution is -2.56. The first kappa shape index (κ1) is 36.4. The van der Waals surface area contributed by atoms with Crippen molar-refractivity contribution in [2.24, 2.45) is 0 Å². The predicted molar refractivity (Wildman–Crippen MR) is 176 cm³/mol. The van der Waals surface area contributed by atoms with Gasteiger partial charge in [-0.05, 0) is 80.9 Å². The summed E-state index contributed by atoms with van der Waals surface area (Å²) in [6.07, 6.45) is 1.58. The molecule has 0 radical (unpaired) electrons. The summed E-state index contributed by atoms with van der Waals surface area (Å²) < 4.78 is 21.4. The molecule has 12 nitrogen and oxygen atoms in total. The van der Waals surface area contributed by atoms with Gasteiger partial charge in [0, 0.05) is 23.8 Å². The largest absolute Gasteiger partial charge is 0.496 e. The standard InChI is InChI=1S/C25H29FN6O5S.C2H6O.HIS/c1-13(2)29-23(35)25(4,5)31-20(34)19-14(3)21(32-27-9-10-28-32)38-22(19)30(24(31)36)12-17(33)16-11-15(26)7-8-18(16)37-6;1-2-3;1-2/h7-11,13,17,33H,12H2,1-6H3,(H,29,35);3H,2H2,1H3;2H. The molecule has 43 heavy (non-hydrogen) atoms. The fraction of sp³-hybridized carbons (Fsp3) is 0.444. The van der Waals surface area contributed by atoms with Crippen LogP contribution in [0.5, 0.6) is 5.75 Å². The minimum atomic E-state index is -1.58. The Morgan fingerprint density at radius 2 is 1.81 bits per heavy atom. The van der Waals surface area contributed by atoms with Gasteiger partial charge in [-0.1, -0.05) is 11.3 Å². The Hall–Kier alpha value is -2.80. The number of fused-ring (bicyclic) bond motifs is 1. The number of halogens is 2. The summed E-state index contributed by atoms with van der Waals surface area (Å²) >= 11 is 2.94. The van der Waals surface area contributed by atoms with Crippen LogP contribution in [0.2, 0.25) is 0 Å². The molecular weight excluding hydrogens is 714 g/mol. The van der Waals surface area contributed by atoms with Crippen molar-refractivity contribution in [3.05, 3.63) is 68.4 Å². The van der Waals surface area contributed by atoms with Crippen LogP contribution in [0, 0.1) is 12.7 Å². The highest BCUT2D eigenvalue weighted by Crippen LogP contribution is 2.33. The number of amides is 1. The van der Waals surface area contributed by atoms with Crippen molar-refractivity contribution in [3.8, 4) is 10.8 Å². The molecule has 1 unspecified atom stereocenters. The quantitative estimate of drug-likeness (QED) is 0.158. The summed E-state index contributed by atoms with van der Waals surface area (Å²) in [6.45, 7) is 9.79. The lowest BCUT2D eigenvalue weighted by molar-refractivity contribution is -0.129. The molecule has 0 fully saturated rings. The maximum Gasteiger partial charge on any atom is 0.333 e. The molecule has 0 bridgehead atoms. The SMILES string of the molecule is CCO.COc1ccc(F)cc1C(O)Cn1c(=O)n(C(C)(C)C(=O)NC(C)C)c(=O)c2c(C)c(-n3nccn3)sc21.SI. The first-order valence-corrected chi connectivity index (χ1v) is 17.1. The van der Waals surface area contributed by atoms with Crippen LogP contribution in [0.1, 0.15) is 51.8 Å². The summed E-state index contributed by atoms with van der Waals surface area (Å²) in [7, 11) is 4.88. The molecule has 0 saturated carbocycles. The third-order valence-electron chi connectivity index (χ3n) is 6.23. The molecule has 236 valence electrons. The minimum absolute atomic E-state index is 0.129. The van der Waals surface area contributed by atoms with Gasteiger partial charge in [0.1, 0.15) is 33.0 Å². The molecule has 0 aliphatic carbocycles. The van der Waals surface area contributed by atoms with Crippen molar-refractivity contribution in [1.82, 2.24) is 29.4 Å². The van der Waals surface area contributed by atoms with Crippen LogP contribution in [0.25, 0.3) is 15.2 Å². The summed E-state index contributed by atoms with van der Waals surface area (Å²) in [5, 5.41) is 30.4. The van der Waals surface area contributed by atoms with Gasteiger partial charge in [-0.15, -0.1) is 14.6 Å². The molecule has 0 aliphatic heterocycles. The molecule has 16 heteroatoms. The van der Waals surface area contributed by atoms with Crippen molar-refractivity contribution < 1.29 is 24.1 Å². The third kappa shape index (κ3) is 7.84. The molecule has 1 atom stereocenters. The van der Waals surface area contributed by atoms with Gasteiger partial charge in [0.2, 0.25) is 5.91 Å². The van der Waals surface area contributed by atoms with E-state index in [4.69, 9.17) is 9.84 Å². The number of hydrogen-bond acceptors (Lipinski definition) is 10.